The van der Waals surface area contributed by atoms with Crippen molar-refractivity contribution in [3.8, 4) is 0 Å². The summed E-state index contributed by atoms with van der Waals surface area (Å²) in [5, 5.41) is 8.95. The van der Waals surface area contributed by atoms with E-state index in [2.05, 4.69) is 4.72 Å². The number of rotatable bonds is 3. The second-order valence-electron chi connectivity index (χ2n) is 3.80. The third-order valence-electron chi connectivity index (χ3n) is 2.67. The van der Waals surface area contributed by atoms with Gasteiger partial charge in [-0.1, -0.05) is 6.92 Å². The largest absolute Gasteiger partial charge is 0.480 e. The minimum absolute atomic E-state index is 0.245. The summed E-state index contributed by atoms with van der Waals surface area (Å²) < 4.78 is 26.2. The van der Waals surface area contributed by atoms with Gasteiger partial charge in [0.25, 0.3) is 10.2 Å². The summed E-state index contributed by atoms with van der Waals surface area (Å²) in [4.78, 5) is 10.9. The van der Waals surface area contributed by atoms with Crippen molar-refractivity contribution in [1.29, 1.82) is 0 Å². The zero-order valence-corrected chi connectivity index (χ0v) is 9.62. The van der Waals surface area contributed by atoms with E-state index >= 15 is 0 Å². The monoisotopic (exact) mass is 236 g/mol. The lowest BCUT2D eigenvalue weighted by atomic mass is 9.94. The quantitative estimate of drug-likeness (QED) is 0.700. The number of piperidine rings is 1. The van der Waals surface area contributed by atoms with Crippen LogP contribution in [-0.4, -0.2) is 43.4 Å². The molecule has 0 aromatic rings. The Labute approximate surface area is 89.4 Å². The highest BCUT2D eigenvalue weighted by molar-refractivity contribution is 7.87. The van der Waals surface area contributed by atoms with Gasteiger partial charge in [0.2, 0.25) is 0 Å². The van der Waals surface area contributed by atoms with Gasteiger partial charge < -0.3 is 5.11 Å². The van der Waals surface area contributed by atoms with E-state index in [9.17, 15) is 13.2 Å². The lowest BCUT2D eigenvalue weighted by molar-refractivity contribution is -0.143. The number of carboxylic acids is 1. The fourth-order valence-corrected chi connectivity index (χ4v) is 2.84. The van der Waals surface area contributed by atoms with Crippen LogP contribution < -0.4 is 4.72 Å². The van der Waals surface area contributed by atoms with E-state index in [1.165, 1.54) is 7.05 Å². The molecule has 15 heavy (non-hydrogen) atoms. The summed E-state index contributed by atoms with van der Waals surface area (Å²) in [5.74, 6) is -0.838. The molecule has 0 radical (unpaired) electrons. The molecule has 0 spiro atoms. The molecule has 1 fully saturated rings. The maximum absolute atomic E-state index is 11.5. The predicted molar refractivity (Wildman–Crippen MR) is 54.5 cm³/mol. The third-order valence-corrected chi connectivity index (χ3v) is 4.24. The average Bonchev–Trinajstić information content (AvgIpc) is 2.17. The molecule has 7 heteroatoms. The Bertz CT molecular complexity index is 341. The lowest BCUT2D eigenvalue weighted by Crippen LogP contribution is -2.52. The van der Waals surface area contributed by atoms with Crippen LogP contribution in [0.3, 0.4) is 0 Å². The Morgan fingerprint density at radius 2 is 2.13 bits per heavy atom. The molecule has 88 valence electrons. The highest BCUT2D eigenvalue weighted by atomic mass is 32.2. The summed E-state index contributed by atoms with van der Waals surface area (Å²) in [7, 11) is -2.35. The normalized spacial score (nSPS) is 28.9. The molecule has 0 aromatic carbocycles. The molecule has 1 saturated heterocycles. The number of aliphatic carboxylic acids is 1. The Morgan fingerprint density at radius 1 is 1.53 bits per heavy atom. The molecule has 2 unspecified atom stereocenters. The van der Waals surface area contributed by atoms with Crippen molar-refractivity contribution < 1.29 is 18.3 Å². The summed E-state index contributed by atoms with van der Waals surface area (Å²) in [6.45, 7) is 2.20. The highest BCUT2D eigenvalue weighted by Gasteiger charge is 2.38. The highest BCUT2D eigenvalue weighted by Crippen LogP contribution is 2.24. The molecule has 6 nitrogen and oxygen atoms in total. The van der Waals surface area contributed by atoms with E-state index in [4.69, 9.17) is 5.11 Å². The number of carbonyl (C=O) groups is 1. The van der Waals surface area contributed by atoms with Gasteiger partial charge in [-0.15, -0.1) is 0 Å². The van der Waals surface area contributed by atoms with Crippen LogP contribution in [0.25, 0.3) is 0 Å². The van der Waals surface area contributed by atoms with Crippen LogP contribution in [0.5, 0.6) is 0 Å². The molecule has 1 aliphatic heterocycles. The predicted octanol–water partition coefficient (Wildman–Crippen LogP) is -0.364. The van der Waals surface area contributed by atoms with Crippen LogP contribution in [0.15, 0.2) is 0 Å². The van der Waals surface area contributed by atoms with Crippen molar-refractivity contribution in [3.05, 3.63) is 0 Å². The maximum Gasteiger partial charge on any atom is 0.322 e. The molecular formula is C8H16N2O4S. The minimum Gasteiger partial charge on any atom is -0.480 e. The first kappa shape index (κ1) is 12.4. The minimum atomic E-state index is -3.64. The number of nitrogens with zero attached hydrogens (tertiary/aromatic N) is 1. The number of hydrogen-bond donors (Lipinski definition) is 2. The maximum atomic E-state index is 11.5. The smallest absolute Gasteiger partial charge is 0.322 e. The van der Waals surface area contributed by atoms with E-state index in [1.807, 2.05) is 6.92 Å². The molecule has 0 aromatic heterocycles. The summed E-state index contributed by atoms with van der Waals surface area (Å²) in [6, 6.07) is -0.939. The van der Waals surface area contributed by atoms with Crippen molar-refractivity contribution in [1.82, 2.24) is 9.03 Å². The molecule has 1 aliphatic rings. The number of nitrogens with one attached hydrogen (secondary N) is 1. The van der Waals surface area contributed by atoms with Crippen molar-refractivity contribution in [3.63, 3.8) is 0 Å². The van der Waals surface area contributed by atoms with E-state index < -0.39 is 22.2 Å². The van der Waals surface area contributed by atoms with E-state index in [1.54, 1.807) is 0 Å². The summed E-state index contributed by atoms with van der Waals surface area (Å²) in [5.41, 5.74) is 0. The van der Waals surface area contributed by atoms with Gasteiger partial charge in [-0.2, -0.15) is 12.7 Å². The zero-order valence-electron chi connectivity index (χ0n) is 8.80. The van der Waals surface area contributed by atoms with Crippen molar-refractivity contribution in [2.75, 3.05) is 13.6 Å². The molecule has 0 bridgehead atoms. The van der Waals surface area contributed by atoms with Gasteiger partial charge in [0, 0.05) is 13.6 Å². The average molecular weight is 236 g/mol. The first-order valence-corrected chi connectivity index (χ1v) is 6.25. The number of carboxylic acid groups (broad SMARTS) is 1. The second kappa shape index (κ2) is 4.46. The Hall–Kier alpha value is -0.660. The van der Waals surface area contributed by atoms with E-state index in [0.717, 1.165) is 4.31 Å². The molecule has 2 N–H and O–H groups in total. The Balaban J connectivity index is 2.92. The fraction of sp³-hybridized carbons (Fsp3) is 0.875. The van der Waals surface area contributed by atoms with Crippen LogP contribution in [-0.2, 0) is 15.0 Å². The standard InChI is InChI=1S/C8H16N2O4S/c1-6-3-4-10(15(13,14)9-2)7(5-6)8(11)12/h6-7,9H,3-5H2,1-2H3,(H,11,12). The van der Waals surface area contributed by atoms with Crippen LogP contribution in [0, 0.1) is 5.92 Å². The molecule has 0 aliphatic carbocycles. The summed E-state index contributed by atoms with van der Waals surface area (Å²) >= 11 is 0. The van der Waals surface area contributed by atoms with Gasteiger partial charge in [0.1, 0.15) is 6.04 Å². The Kier molecular flexibility index (Phi) is 3.69. The molecule has 1 heterocycles. The molecule has 2 atom stereocenters. The van der Waals surface area contributed by atoms with Gasteiger partial charge in [-0.3, -0.25) is 4.79 Å². The molecule has 1 rings (SSSR count). The molecule has 0 amide bonds. The van der Waals surface area contributed by atoms with E-state index in [-0.39, 0.29) is 12.5 Å². The fourth-order valence-electron chi connectivity index (χ4n) is 1.75. The van der Waals surface area contributed by atoms with Crippen LogP contribution >= 0.6 is 0 Å². The third kappa shape index (κ3) is 2.67. The first-order chi connectivity index (χ1) is 6.88. The van der Waals surface area contributed by atoms with Crippen LogP contribution in [0.4, 0.5) is 0 Å². The van der Waals surface area contributed by atoms with Crippen molar-refractivity contribution in [2.24, 2.45) is 5.92 Å². The van der Waals surface area contributed by atoms with Gasteiger partial charge in [-0.05, 0) is 18.8 Å². The van der Waals surface area contributed by atoms with Crippen LogP contribution in [0.1, 0.15) is 19.8 Å². The van der Waals surface area contributed by atoms with Gasteiger partial charge in [0.05, 0.1) is 0 Å². The Morgan fingerprint density at radius 3 is 2.60 bits per heavy atom. The summed E-state index contributed by atoms with van der Waals surface area (Å²) in [6.07, 6.45) is 1.07. The molecular weight excluding hydrogens is 220 g/mol. The second-order valence-corrected chi connectivity index (χ2v) is 5.63. The van der Waals surface area contributed by atoms with Gasteiger partial charge in [0.15, 0.2) is 0 Å². The van der Waals surface area contributed by atoms with Gasteiger partial charge in [-0.25, -0.2) is 4.72 Å². The topological polar surface area (TPSA) is 86.7 Å². The van der Waals surface area contributed by atoms with Crippen LogP contribution in [0.2, 0.25) is 0 Å². The van der Waals surface area contributed by atoms with Crippen molar-refractivity contribution >= 4 is 16.2 Å². The SMILES string of the molecule is CNS(=O)(=O)N1CCC(C)CC1C(=O)O. The number of hydrogen-bond acceptors (Lipinski definition) is 3. The van der Waals surface area contributed by atoms with E-state index in [0.29, 0.717) is 12.8 Å². The van der Waals surface area contributed by atoms with Gasteiger partial charge >= 0.3 is 5.97 Å². The lowest BCUT2D eigenvalue weighted by Gasteiger charge is -2.34. The first-order valence-electron chi connectivity index (χ1n) is 4.81. The van der Waals surface area contributed by atoms with Crippen molar-refractivity contribution in [2.45, 2.75) is 25.8 Å². The molecule has 0 saturated carbocycles. The zero-order chi connectivity index (χ0) is 11.6.